The Balaban J connectivity index is 1.94. The first-order chi connectivity index (χ1) is 9.04. The molecule has 1 heterocycles. The summed E-state index contributed by atoms with van der Waals surface area (Å²) >= 11 is 0. The Bertz CT molecular complexity index is 462. The molecule has 1 aromatic carbocycles. The zero-order valence-corrected chi connectivity index (χ0v) is 10.5. The van der Waals surface area contributed by atoms with E-state index in [4.69, 9.17) is 9.84 Å². The third-order valence-corrected chi connectivity index (χ3v) is 3.07. The molecule has 1 saturated heterocycles. The minimum atomic E-state index is -0.867. The molecule has 6 nitrogen and oxygen atoms in total. The second-order valence-electron chi connectivity index (χ2n) is 4.65. The highest BCUT2D eigenvalue weighted by Crippen LogP contribution is 2.25. The van der Waals surface area contributed by atoms with E-state index in [1.807, 2.05) is 0 Å². The van der Waals surface area contributed by atoms with Gasteiger partial charge >= 0.3 is 5.97 Å². The van der Waals surface area contributed by atoms with Gasteiger partial charge in [-0.05, 0) is 17.7 Å². The molecule has 1 fully saturated rings. The van der Waals surface area contributed by atoms with Gasteiger partial charge < -0.3 is 20.1 Å². The lowest BCUT2D eigenvalue weighted by Gasteiger charge is -2.32. The largest absolute Gasteiger partial charge is 0.504 e. The van der Waals surface area contributed by atoms with Crippen LogP contribution in [-0.4, -0.2) is 52.0 Å². The van der Waals surface area contributed by atoms with E-state index in [9.17, 15) is 15.0 Å². The molecule has 1 aliphatic rings. The Labute approximate surface area is 110 Å². The van der Waals surface area contributed by atoms with E-state index in [0.717, 1.165) is 12.1 Å². The van der Waals surface area contributed by atoms with Crippen LogP contribution in [-0.2, 0) is 16.1 Å². The van der Waals surface area contributed by atoms with Crippen molar-refractivity contribution >= 4 is 5.97 Å². The number of carboxylic acid groups (broad SMARTS) is 1. The van der Waals surface area contributed by atoms with E-state index >= 15 is 0 Å². The van der Waals surface area contributed by atoms with Gasteiger partial charge in [0.1, 0.15) is 0 Å². The van der Waals surface area contributed by atoms with Crippen LogP contribution in [0.5, 0.6) is 11.5 Å². The van der Waals surface area contributed by atoms with Crippen LogP contribution in [0.4, 0.5) is 0 Å². The molecule has 6 heteroatoms. The van der Waals surface area contributed by atoms with Crippen LogP contribution in [0.2, 0.25) is 0 Å². The summed E-state index contributed by atoms with van der Waals surface area (Å²) in [5, 5.41) is 27.4. The standard InChI is InChI=1S/C13H17NO5/c15-11-2-1-9(5-12(11)16)7-14-3-4-19-10(8-14)6-13(17)18/h1-2,5,10,15-16H,3-4,6-8H2,(H,17,18). The first kappa shape index (κ1) is 13.6. The van der Waals surface area contributed by atoms with Gasteiger partial charge in [-0.15, -0.1) is 0 Å². The second kappa shape index (κ2) is 5.90. The van der Waals surface area contributed by atoms with Crippen molar-refractivity contribution in [2.24, 2.45) is 0 Å². The molecule has 3 N–H and O–H groups in total. The number of carboxylic acids is 1. The van der Waals surface area contributed by atoms with Gasteiger partial charge in [-0.25, -0.2) is 0 Å². The van der Waals surface area contributed by atoms with Crippen LogP contribution in [0, 0.1) is 0 Å². The quantitative estimate of drug-likeness (QED) is 0.698. The molecule has 19 heavy (non-hydrogen) atoms. The fourth-order valence-corrected chi connectivity index (χ4v) is 2.17. The number of benzene rings is 1. The number of hydrogen-bond donors (Lipinski definition) is 3. The number of aromatic hydroxyl groups is 2. The molecule has 1 aromatic rings. The molecule has 0 aliphatic carbocycles. The summed E-state index contributed by atoms with van der Waals surface area (Å²) in [6.45, 7) is 2.36. The summed E-state index contributed by atoms with van der Waals surface area (Å²) in [5.74, 6) is -1.16. The van der Waals surface area contributed by atoms with Crippen molar-refractivity contribution < 1.29 is 24.9 Å². The SMILES string of the molecule is O=C(O)CC1CN(Cc2ccc(O)c(O)c2)CCO1. The summed E-state index contributed by atoms with van der Waals surface area (Å²) in [5.41, 5.74) is 0.867. The molecule has 0 radical (unpaired) electrons. The molecular formula is C13H17NO5. The highest BCUT2D eigenvalue weighted by atomic mass is 16.5. The molecule has 0 aromatic heterocycles. The lowest BCUT2D eigenvalue weighted by atomic mass is 10.1. The highest BCUT2D eigenvalue weighted by molar-refractivity contribution is 5.67. The fraction of sp³-hybridized carbons (Fsp3) is 0.462. The highest BCUT2D eigenvalue weighted by Gasteiger charge is 2.22. The first-order valence-electron chi connectivity index (χ1n) is 6.11. The van der Waals surface area contributed by atoms with E-state index in [1.165, 1.54) is 12.1 Å². The zero-order valence-electron chi connectivity index (χ0n) is 10.5. The molecule has 2 rings (SSSR count). The molecule has 0 amide bonds. The maximum Gasteiger partial charge on any atom is 0.306 e. The lowest BCUT2D eigenvalue weighted by molar-refractivity contribution is -0.142. The Morgan fingerprint density at radius 2 is 2.16 bits per heavy atom. The average Bonchev–Trinajstić information content (AvgIpc) is 2.33. The number of phenolic OH excluding ortho intramolecular Hbond substituents is 2. The summed E-state index contributed by atoms with van der Waals surface area (Å²) < 4.78 is 5.39. The summed E-state index contributed by atoms with van der Waals surface area (Å²) in [6, 6.07) is 4.69. The number of rotatable bonds is 4. The Hall–Kier alpha value is -1.79. The van der Waals surface area contributed by atoms with Crippen molar-refractivity contribution in [1.29, 1.82) is 0 Å². The van der Waals surface area contributed by atoms with Crippen LogP contribution >= 0.6 is 0 Å². The summed E-state index contributed by atoms with van der Waals surface area (Å²) in [6.07, 6.45) is -0.297. The Morgan fingerprint density at radius 1 is 1.37 bits per heavy atom. The lowest BCUT2D eigenvalue weighted by Crippen LogP contribution is -2.42. The van der Waals surface area contributed by atoms with Gasteiger partial charge in [0.15, 0.2) is 11.5 Å². The summed E-state index contributed by atoms with van der Waals surface area (Å²) in [4.78, 5) is 12.7. The Kier molecular flexibility index (Phi) is 4.24. The van der Waals surface area contributed by atoms with E-state index in [-0.39, 0.29) is 24.0 Å². The fourth-order valence-electron chi connectivity index (χ4n) is 2.17. The third-order valence-electron chi connectivity index (χ3n) is 3.07. The van der Waals surface area contributed by atoms with Crippen molar-refractivity contribution in [1.82, 2.24) is 4.90 Å². The second-order valence-corrected chi connectivity index (χ2v) is 4.65. The molecule has 0 bridgehead atoms. The third kappa shape index (κ3) is 3.84. The van der Waals surface area contributed by atoms with E-state index in [2.05, 4.69) is 4.90 Å². The van der Waals surface area contributed by atoms with Crippen molar-refractivity contribution in [2.75, 3.05) is 19.7 Å². The molecule has 1 atom stereocenters. The monoisotopic (exact) mass is 267 g/mol. The molecule has 104 valence electrons. The van der Waals surface area contributed by atoms with Crippen molar-refractivity contribution in [3.63, 3.8) is 0 Å². The maximum atomic E-state index is 10.7. The van der Waals surface area contributed by atoms with Gasteiger partial charge in [0.2, 0.25) is 0 Å². The smallest absolute Gasteiger partial charge is 0.306 e. The number of nitrogens with zero attached hydrogens (tertiary/aromatic N) is 1. The molecule has 0 saturated carbocycles. The van der Waals surface area contributed by atoms with Gasteiger partial charge in [-0.1, -0.05) is 6.07 Å². The predicted molar refractivity (Wildman–Crippen MR) is 67.0 cm³/mol. The van der Waals surface area contributed by atoms with Crippen LogP contribution in [0.25, 0.3) is 0 Å². The van der Waals surface area contributed by atoms with E-state index < -0.39 is 5.97 Å². The van der Waals surface area contributed by atoms with Gasteiger partial charge in [-0.2, -0.15) is 0 Å². The minimum absolute atomic E-state index is 0.00265. The van der Waals surface area contributed by atoms with E-state index in [0.29, 0.717) is 19.7 Å². The topological polar surface area (TPSA) is 90.2 Å². The molecule has 1 unspecified atom stereocenters. The first-order valence-corrected chi connectivity index (χ1v) is 6.11. The van der Waals surface area contributed by atoms with Gasteiger partial charge in [-0.3, -0.25) is 9.69 Å². The molecule has 0 spiro atoms. The van der Waals surface area contributed by atoms with Gasteiger partial charge in [0.05, 0.1) is 19.1 Å². The van der Waals surface area contributed by atoms with Crippen LogP contribution < -0.4 is 0 Å². The maximum absolute atomic E-state index is 10.7. The number of phenols is 2. The number of hydrogen-bond acceptors (Lipinski definition) is 5. The number of aliphatic carboxylic acids is 1. The molecular weight excluding hydrogens is 250 g/mol. The number of morpholine rings is 1. The van der Waals surface area contributed by atoms with Crippen molar-refractivity contribution in [2.45, 2.75) is 19.1 Å². The van der Waals surface area contributed by atoms with Crippen molar-refractivity contribution in [3.05, 3.63) is 23.8 Å². The summed E-state index contributed by atoms with van der Waals surface area (Å²) in [7, 11) is 0. The molecule has 1 aliphatic heterocycles. The normalized spacial score (nSPS) is 20.3. The van der Waals surface area contributed by atoms with Crippen molar-refractivity contribution in [3.8, 4) is 11.5 Å². The van der Waals surface area contributed by atoms with Gasteiger partial charge in [0.25, 0.3) is 0 Å². The van der Waals surface area contributed by atoms with Crippen LogP contribution in [0.1, 0.15) is 12.0 Å². The number of ether oxygens (including phenoxy) is 1. The average molecular weight is 267 g/mol. The van der Waals surface area contributed by atoms with Crippen LogP contribution in [0.3, 0.4) is 0 Å². The Morgan fingerprint density at radius 3 is 2.84 bits per heavy atom. The number of carbonyl (C=O) groups is 1. The zero-order chi connectivity index (χ0) is 13.8. The van der Waals surface area contributed by atoms with Crippen LogP contribution in [0.15, 0.2) is 18.2 Å². The van der Waals surface area contributed by atoms with Gasteiger partial charge in [0, 0.05) is 19.6 Å². The van der Waals surface area contributed by atoms with E-state index in [1.54, 1.807) is 6.07 Å². The predicted octanol–water partition coefficient (Wildman–Crippen LogP) is 0.773. The minimum Gasteiger partial charge on any atom is -0.504 e.